The van der Waals surface area contributed by atoms with Crippen LogP contribution in [-0.2, 0) is 0 Å². The van der Waals surface area contributed by atoms with Crippen molar-refractivity contribution in [3.8, 4) is 11.8 Å². The van der Waals surface area contributed by atoms with Crippen LogP contribution in [0.3, 0.4) is 0 Å². The molecule has 6 nitrogen and oxygen atoms in total. The predicted octanol–water partition coefficient (Wildman–Crippen LogP) is 0.303. The van der Waals surface area contributed by atoms with Gasteiger partial charge in [-0.15, -0.1) is 5.10 Å². The highest BCUT2D eigenvalue weighted by Crippen LogP contribution is 2.20. The molecule has 15 heavy (non-hydrogen) atoms. The number of nitrogens with two attached hydrogens (primary N) is 2. The van der Waals surface area contributed by atoms with Gasteiger partial charge in [-0.2, -0.15) is 5.26 Å². The van der Waals surface area contributed by atoms with Gasteiger partial charge in [0.2, 0.25) is 0 Å². The lowest BCUT2D eigenvalue weighted by atomic mass is 10.3. The first-order valence-corrected chi connectivity index (χ1v) is 4.18. The van der Waals surface area contributed by atoms with Crippen molar-refractivity contribution in [2.45, 2.75) is 0 Å². The molecule has 0 saturated carbocycles. The maximum Gasteiger partial charge on any atom is 0.166 e. The van der Waals surface area contributed by atoms with Crippen molar-refractivity contribution in [1.82, 2.24) is 14.8 Å². The number of hydrogen-bond acceptors (Lipinski definition) is 5. The van der Waals surface area contributed by atoms with Gasteiger partial charge in [0.25, 0.3) is 0 Å². The molecule has 0 aliphatic carbocycles. The van der Waals surface area contributed by atoms with Crippen molar-refractivity contribution in [1.29, 1.82) is 5.26 Å². The fourth-order valence-electron chi connectivity index (χ4n) is 1.25. The molecule has 4 N–H and O–H groups in total. The highest BCUT2D eigenvalue weighted by molar-refractivity contribution is 5.63. The molecule has 0 aliphatic rings. The van der Waals surface area contributed by atoms with Crippen LogP contribution in [0.25, 0.3) is 5.69 Å². The van der Waals surface area contributed by atoms with Gasteiger partial charge in [0.15, 0.2) is 5.82 Å². The molecular weight excluding hydrogens is 192 g/mol. The minimum absolute atomic E-state index is 0.131. The van der Waals surface area contributed by atoms with E-state index in [1.807, 2.05) is 6.07 Å². The quantitative estimate of drug-likeness (QED) is 0.688. The van der Waals surface area contributed by atoms with Gasteiger partial charge in [0.1, 0.15) is 17.5 Å². The number of nitrogens with zero attached hydrogens (tertiary/aromatic N) is 4. The van der Waals surface area contributed by atoms with Crippen LogP contribution in [0.4, 0.5) is 11.6 Å². The third-order valence-corrected chi connectivity index (χ3v) is 1.97. The Kier molecular flexibility index (Phi) is 1.99. The molecule has 0 fully saturated rings. The summed E-state index contributed by atoms with van der Waals surface area (Å²) in [6.45, 7) is 0. The number of rotatable bonds is 1. The number of pyridine rings is 1. The number of hydrogen-bond donors (Lipinski definition) is 2. The van der Waals surface area contributed by atoms with E-state index in [0.29, 0.717) is 0 Å². The van der Waals surface area contributed by atoms with E-state index in [-0.39, 0.29) is 17.2 Å². The molecule has 2 rings (SSSR count). The van der Waals surface area contributed by atoms with Gasteiger partial charge >= 0.3 is 0 Å². The molecule has 2 aromatic rings. The van der Waals surface area contributed by atoms with E-state index in [9.17, 15) is 0 Å². The first-order chi connectivity index (χ1) is 7.24. The van der Waals surface area contributed by atoms with E-state index >= 15 is 0 Å². The summed E-state index contributed by atoms with van der Waals surface area (Å²) in [4.78, 5) is 3.87. The van der Waals surface area contributed by atoms with Crippen LogP contribution in [0.15, 0.2) is 24.5 Å². The number of nitriles is 1. The Morgan fingerprint density at radius 1 is 1.27 bits per heavy atom. The molecule has 0 atom stereocenters. The molecule has 0 bridgehead atoms. The molecule has 0 unspecified atom stereocenters. The van der Waals surface area contributed by atoms with E-state index in [1.165, 1.54) is 4.68 Å². The lowest BCUT2D eigenvalue weighted by Gasteiger charge is -2.01. The molecule has 2 aromatic heterocycles. The van der Waals surface area contributed by atoms with Gasteiger partial charge in [-0.25, -0.2) is 4.68 Å². The Balaban J connectivity index is 2.62. The van der Waals surface area contributed by atoms with Crippen molar-refractivity contribution in [3.63, 3.8) is 0 Å². The number of aromatic nitrogens is 3. The standard InChI is InChI=1S/C9H8N6/c10-5-7-8(11)14-15(9(7)12)6-1-3-13-4-2-6/h1-4H,12H2,(H2,11,14). The molecule has 6 heteroatoms. The van der Waals surface area contributed by atoms with Crippen molar-refractivity contribution < 1.29 is 0 Å². The summed E-state index contributed by atoms with van der Waals surface area (Å²) in [6.07, 6.45) is 3.22. The third-order valence-electron chi connectivity index (χ3n) is 1.97. The van der Waals surface area contributed by atoms with Crippen molar-refractivity contribution in [3.05, 3.63) is 30.1 Å². The van der Waals surface area contributed by atoms with Crippen LogP contribution in [0.5, 0.6) is 0 Å². The maximum atomic E-state index is 8.78. The van der Waals surface area contributed by atoms with E-state index in [2.05, 4.69) is 10.1 Å². The zero-order valence-electron chi connectivity index (χ0n) is 7.75. The van der Waals surface area contributed by atoms with Gasteiger partial charge < -0.3 is 11.5 Å². The molecule has 0 saturated heterocycles. The summed E-state index contributed by atoms with van der Waals surface area (Å²) in [5.41, 5.74) is 12.2. The Morgan fingerprint density at radius 2 is 1.93 bits per heavy atom. The summed E-state index contributed by atoms with van der Waals surface area (Å²) >= 11 is 0. The highest BCUT2D eigenvalue weighted by Gasteiger charge is 2.13. The van der Waals surface area contributed by atoms with Crippen LogP contribution in [0.2, 0.25) is 0 Å². The Labute approximate surface area is 85.8 Å². The smallest absolute Gasteiger partial charge is 0.166 e. The minimum Gasteiger partial charge on any atom is -0.382 e. The first kappa shape index (κ1) is 9.02. The van der Waals surface area contributed by atoms with E-state index in [0.717, 1.165) is 5.69 Å². The monoisotopic (exact) mass is 200 g/mol. The number of nitrogen functional groups attached to an aromatic ring is 2. The minimum atomic E-state index is 0.131. The largest absolute Gasteiger partial charge is 0.382 e. The van der Waals surface area contributed by atoms with Crippen molar-refractivity contribution in [2.75, 3.05) is 11.5 Å². The molecule has 2 heterocycles. The van der Waals surface area contributed by atoms with Crippen LogP contribution in [-0.4, -0.2) is 14.8 Å². The molecule has 0 aromatic carbocycles. The van der Waals surface area contributed by atoms with E-state index < -0.39 is 0 Å². The summed E-state index contributed by atoms with van der Waals surface area (Å²) in [5.74, 6) is 0.369. The Hall–Kier alpha value is -2.55. The van der Waals surface area contributed by atoms with E-state index in [1.54, 1.807) is 24.5 Å². The molecule has 0 spiro atoms. The fourth-order valence-corrected chi connectivity index (χ4v) is 1.25. The van der Waals surface area contributed by atoms with Gasteiger partial charge in [-0.3, -0.25) is 4.98 Å². The van der Waals surface area contributed by atoms with Crippen molar-refractivity contribution in [2.24, 2.45) is 0 Å². The Bertz CT molecular complexity index is 522. The van der Waals surface area contributed by atoms with Crippen molar-refractivity contribution >= 4 is 11.6 Å². The average Bonchev–Trinajstić information content (AvgIpc) is 2.55. The summed E-state index contributed by atoms with van der Waals surface area (Å²) in [7, 11) is 0. The summed E-state index contributed by atoms with van der Waals surface area (Å²) in [5, 5.41) is 12.8. The normalized spacial score (nSPS) is 9.80. The molecule has 0 aliphatic heterocycles. The van der Waals surface area contributed by atoms with E-state index in [4.69, 9.17) is 16.7 Å². The SMILES string of the molecule is N#Cc1c(N)nn(-c2ccncc2)c1N. The fraction of sp³-hybridized carbons (Fsp3) is 0. The second-order valence-electron chi connectivity index (χ2n) is 2.87. The topological polar surface area (TPSA) is 107 Å². The zero-order valence-corrected chi connectivity index (χ0v) is 7.75. The Morgan fingerprint density at radius 3 is 2.47 bits per heavy atom. The summed E-state index contributed by atoms with van der Waals surface area (Å²) < 4.78 is 1.41. The maximum absolute atomic E-state index is 8.78. The molecule has 74 valence electrons. The van der Waals surface area contributed by atoms with Gasteiger partial charge in [0, 0.05) is 12.4 Å². The first-order valence-electron chi connectivity index (χ1n) is 4.18. The highest BCUT2D eigenvalue weighted by atomic mass is 15.3. The molecule has 0 radical (unpaired) electrons. The van der Waals surface area contributed by atoms with Crippen LogP contribution >= 0.6 is 0 Å². The second-order valence-corrected chi connectivity index (χ2v) is 2.87. The number of anilines is 2. The summed E-state index contributed by atoms with van der Waals surface area (Å²) in [6, 6.07) is 5.36. The zero-order chi connectivity index (χ0) is 10.8. The third kappa shape index (κ3) is 1.36. The second kappa shape index (κ2) is 3.31. The van der Waals surface area contributed by atoms with Gasteiger partial charge in [-0.1, -0.05) is 0 Å². The molecular formula is C9H8N6. The van der Waals surface area contributed by atoms with Gasteiger partial charge in [-0.05, 0) is 12.1 Å². The molecule has 0 amide bonds. The average molecular weight is 200 g/mol. The lowest BCUT2D eigenvalue weighted by Crippen LogP contribution is -2.02. The van der Waals surface area contributed by atoms with Crippen LogP contribution < -0.4 is 11.5 Å². The van der Waals surface area contributed by atoms with Gasteiger partial charge in [0.05, 0.1) is 5.69 Å². The van der Waals surface area contributed by atoms with Crippen LogP contribution in [0.1, 0.15) is 5.56 Å². The lowest BCUT2D eigenvalue weighted by molar-refractivity contribution is 0.893. The predicted molar refractivity (Wildman–Crippen MR) is 54.9 cm³/mol. The van der Waals surface area contributed by atoms with Crippen LogP contribution in [0, 0.1) is 11.3 Å².